The summed E-state index contributed by atoms with van der Waals surface area (Å²) in [6.45, 7) is -0.920. The van der Waals surface area contributed by atoms with Crippen LogP contribution < -0.4 is 10.8 Å². The van der Waals surface area contributed by atoms with Crippen molar-refractivity contribution in [2.45, 2.75) is 6.10 Å². The van der Waals surface area contributed by atoms with Crippen molar-refractivity contribution in [3.63, 3.8) is 0 Å². The van der Waals surface area contributed by atoms with Gasteiger partial charge < -0.3 is 36.0 Å². The second-order valence-electron chi connectivity index (χ2n) is 5.26. The monoisotopic (exact) mass is 366 g/mol. The van der Waals surface area contributed by atoms with E-state index in [0.717, 1.165) is 12.1 Å². The molecule has 2 aromatic rings. The van der Waals surface area contributed by atoms with Gasteiger partial charge >= 0.3 is 0 Å². The Bertz CT molecular complexity index is 796. The zero-order chi connectivity index (χ0) is 19.3. The average molecular weight is 366 g/mol. The Labute approximate surface area is 147 Å². The zero-order valence-electron chi connectivity index (χ0n) is 13.4. The summed E-state index contributed by atoms with van der Waals surface area (Å²) in [6.07, 6.45) is -1.19. The number of rotatable bonds is 7. The van der Waals surface area contributed by atoms with E-state index in [0.29, 0.717) is 0 Å². The summed E-state index contributed by atoms with van der Waals surface area (Å²) in [6, 6.07) is 5.87. The third kappa shape index (κ3) is 4.45. The molecular weight excluding hydrogens is 348 g/mol. The van der Waals surface area contributed by atoms with Crippen LogP contribution in [0.2, 0.25) is 0 Å². The number of aromatic hydroxyl groups is 4. The van der Waals surface area contributed by atoms with Crippen molar-refractivity contribution in [2.75, 3.05) is 18.5 Å². The lowest BCUT2D eigenvalue weighted by Crippen LogP contribution is -2.30. The van der Waals surface area contributed by atoms with Gasteiger partial charge in [0.2, 0.25) is 0 Å². The van der Waals surface area contributed by atoms with E-state index < -0.39 is 30.1 Å². The molecule has 0 saturated heterocycles. The number of hydroxylamine groups is 1. The van der Waals surface area contributed by atoms with Gasteiger partial charge in [0.05, 0.1) is 23.5 Å². The number of hydrogen-bond donors (Lipinski definition) is 8. The first-order valence-electron chi connectivity index (χ1n) is 7.38. The van der Waals surface area contributed by atoms with Gasteiger partial charge in [-0.05, 0) is 24.3 Å². The van der Waals surface area contributed by atoms with Crippen molar-refractivity contribution in [3.05, 3.63) is 35.9 Å². The lowest BCUT2D eigenvalue weighted by atomic mass is 10.1. The summed E-state index contributed by atoms with van der Waals surface area (Å²) in [5, 5.41) is 59.3. The van der Waals surface area contributed by atoms with Crippen LogP contribution in [0.3, 0.4) is 0 Å². The number of phenolic OH excluding ortho intramolecular Hbond substituents is 4. The number of carbonyl (C=O) groups excluding carboxylic acids is 1. The Balaban J connectivity index is 2.27. The first-order valence-corrected chi connectivity index (χ1v) is 7.38. The lowest BCUT2D eigenvalue weighted by Gasteiger charge is -2.16. The summed E-state index contributed by atoms with van der Waals surface area (Å²) in [5.41, 5.74) is 1.69. The van der Waals surface area contributed by atoms with Crippen LogP contribution in [-0.4, -0.2) is 55.9 Å². The quantitative estimate of drug-likeness (QED) is 0.194. The van der Waals surface area contributed by atoms with Crippen LogP contribution in [0.4, 0.5) is 11.4 Å². The normalized spacial score (nSPS) is 11.8. The highest BCUT2D eigenvalue weighted by molar-refractivity contribution is 6.02. The molecule has 1 unspecified atom stereocenters. The Morgan fingerprint density at radius 2 is 1.81 bits per heavy atom. The summed E-state index contributed by atoms with van der Waals surface area (Å²) < 4.78 is 0. The number of amides is 1. The molecule has 0 aromatic heterocycles. The average Bonchev–Trinajstić information content (AvgIpc) is 2.60. The summed E-state index contributed by atoms with van der Waals surface area (Å²) >= 11 is 0. The van der Waals surface area contributed by atoms with Gasteiger partial charge in [-0.2, -0.15) is 0 Å². The molecule has 10 heteroatoms. The summed E-state index contributed by atoms with van der Waals surface area (Å²) in [4.78, 5) is 17.0. The minimum absolute atomic E-state index is 0.0503. The molecule has 8 N–H and O–H groups in total. The van der Waals surface area contributed by atoms with Crippen LogP contribution in [0.15, 0.2) is 30.3 Å². The molecule has 0 aliphatic heterocycles. The molecule has 1 amide bonds. The third-order valence-corrected chi connectivity index (χ3v) is 3.29. The largest absolute Gasteiger partial charge is 0.508 e. The standard InChI is InChI=1S/C16H18N2O8/c19-6-9(21)7-26-18-16(25)10-2-4-12(22)15(24)14(10)17-11-3-1-8(20)5-13(11)23/h1-5,9,17,19-24H,6-7H2,(H,18,25). The SMILES string of the molecule is O=C(NOCC(O)CO)c1ccc(O)c(O)c1Nc1ccc(O)cc1O. The second kappa shape index (κ2) is 8.25. The van der Waals surface area contributed by atoms with Crippen molar-refractivity contribution in [2.24, 2.45) is 0 Å². The fraction of sp³-hybridized carbons (Fsp3) is 0.188. The maximum Gasteiger partial charge on any atom is 0.277 e. The minimum atomic E-state index is -1.19. The van der Waals surface area contributed by atoms with Crippen molar-refractivity contribution in [1.29, 1.82) is 0 Å². The molecule has 1 atom stereocenters. The highest BCUT2D eigenvalue weighted by Crippen LogP contribution is 2.40. The van der Waals surface area contributed by atoms with E-state index in [9.17, 15) is 25.2 Å². The Hall–Kier alpha value is -3.21. The van der Waals surface area contributed by atoms with Gasteiger partial charge in [-0.1, -0.05) is 0 Å². The topological polar surface area (TPSA) is 172 Å². The maximum atomic E-state index is 12.2. The highest BCUT2D eigenvalue weighted by atomic mass is 16.7. The number of carbonyl (C=O) groups is 1. The van der Waals surface area contributed by atoms with Crippen LogP contribution in [0.25, 0.3) is 0 Å². The molecule has 0 radical (unpaired) electrons. The van der Waals surface area contributed by atoms with Crippen molar-refractivity contribution < 1.29 is 40.3 Å². The van der Waals surface area contributed by atoms with Crippen LogP contribution in [0.5, 0.6) is 23.0 Å². The molecule has 0 spiro atoms. The first-order chi connectivity index (χ1) is 12.3. The molecule has 0 heterocycles. The van der Waals surface area contributed by atoms with E-state index >= 15 is 0 Å². The third-order valence-electron chi connectivity index (χ3n) is 3.29. The van der Waals surface area contributed by atoms with Crippen molar-refractivity contribution in [3.8, 4) is 23.0 Å². The smallest absolute Gasteiger partial charge is 0.277 e. The van der Waals surface area contributed by atoms with Crippen LogP contribution >= 0.6 is 0 Å². The van der Waals surface area contributed by atoms with Gasteiger partial charge in [-0.3, -0.25) is 9.63 Å². The Morgan fingerprint density at radius 3 is 2.46 bits per heavy atom. The maximum absolute atomic E-state index is 12.2. The number of benzene rings is 2. The fourth-order valence-corrected chi connectivity index (χ4v) is 1.97. The number of aliphatic hydroxyl groups is 2. The van der Waals surface area contributed by atoms with Crippen LogP contribution in [0, 0.1) is 0 Å². The second-order valence-corrected chi connectivity index (χ2v) is 5.26. The highest BCUT2D eigenvalue weighted by Gasteiger charge is 2.20. The number of aliphatic hydroxyl groups excluding tert-OH is 2. The van der Waals surface area contributed by atoms with Gasteiger partial charge in [0.25, 0.3) is 5.91 Å². The molecular formula is C16H18N2O8. The van der Waals surface area contributed by atoms with Gasteiger partial charge in [-0.25, -0.2) is 5.48 Å². The van der Waals surface area contributed by atoms with E-state index in [4.69, 9.17) is 15.1 Å². The first kappa shape index (κ1) is 19.1. The minimum Gasteiger partial charge on any atom is -0.508 e. The van der Waals surface area contributed by atoms with Crippen molar-refractivity contribution in [1.82, 2.24) is 5.48 Å². The molecule has 26 heavy (non-hydrogen) atoms. The predicted octanol–water partition coefficient (Wildman–Crippen LogP) is 0.267. The van der Waals surface area contributed by atoms with Crippen molar-refractivity contribution >= 4 is 17.3 Å². The van der Waals surface area contributed by atoms with Gasteiger partial charge in [0.15, 0.2) is 11.5 Å². The number of hydrogen-bond acceptors (Lipinski definition) is 9. The number of anilines is 2. The molecule has 2 aromatic carbocycles. The molecule has 140 valence electrons. The summed E-state index contributed by atoms with van der Waals surface area (Å²) in [7, 11) is 0. The number of nitrogens with one attached hydrogen (secondary N) is 2. The molecule has 2 rings (SSSR count). The fourth-order valence-electron chi connectivity index (χ4n) is 1.97. The molecule has 0 bridgehead atoms. The van der Waals surface area contributed by atoms with Gasteiger partial charge in [0.1, 0.15) is 24.2 Å². The molecule has 0 fully saturated rings. The molecule has 0 saturated carbocycles. The Morgan fingerprint density at radius 1 is 1.08 bits per heavy atom. The van der Waals surface area contributed by atoms with Gasteiger partial charge in [-0.15, -0.1) is 0 Å². The van der Waals surface area contributed by atoms with E-state index in [2.05, 4.69) is 5.32 Å². The summed E-state index contributed by atoms with van der Waals surface area (Å²) in [5.74, 6) is -2.55. The molecule has 0 aliphatic carbocycles. The predicted molar refractivity (Wildman–Crippen MR) is 89.3 cm³/mol. The van der Waals surface area contributed by atoms with E-state index in [1.165, 1.54) is 18.2 Å². The van der Waals surface area contributed by atoms with Crippen LogP contribution in [-0.2, 0) is 4.84 Å². The molecule has 10 nitrogen and oxygen atoms in total. The van der Waals surface area contributed by atoms with Crippen LogP contribution in [0.1, 0.15) is 10.4 Å². The van der Waals surface area contributed by atoms with Gasteiger partial charge in [0, 0.05) is 6.07 Å². The van der Waals surface area contributed by atoms with E-state index in [-0.39, 0.29) is 35.0 Å². The number of phenols is 4. The van der Waals surface area contributed by atoms with E-state index in [1.807, 2.05) is 5.48 Å². The zero-order valence-corrected chi connectivity index (χ0v) is 13.4. The Kier molecular flexibility index (Phi) is 6.07. The molecule has 0 aliphatic rings. The lowest BCUT2D eigenvalue weighted by molar-refractivity contribution is -0.0295. The van der Waals surface area contributed by atoms with E-state index in [1.54, 1.807) is 0 Å².